The second kappa shape index (κ2) is 7.62. The molecule has 0 saturated carbocycles. The molecule has 1 unspecified atom stereocenters. The maximum absolute atomic E-state index is 12.8. The van der Waals surface area contributed by atoms with Gasteiger partial charge in [0.05, 0.1) is 12.2 Å². The first-order valence-corrected chi connectivity index (χ1v) is 9.30. The van der Waals surface area contributed by atoms with Gasteiger partial charge in [0.1, 0.15) is 17.1 Å². The number of nitrogens with zero attached hydrogens (tertiary/aromatic N) is 2. The van der Waals surface area contributed by atoms with Crippen molar-refractivity contribution in [1.82, 2.24) is 9.78 Å². The van der Waals surface area contributed by atoms with Crippen molar-refractivity contribution in [3.8, 4) is 0 Å². The standard InChI is InChI=1S/C20H14Cl2N4O3/c21-12-4-6-14(7-5-12)24-19(27)15-10-23-26-17(11-2-1-3-13(22)8-11)9-16(20(28)29)25-18(15)26/h1-10,17,25H,(H,24,27)(H,28,29). The number of nitrogens with one attached hydrogen (secondary N) is 2. The van der Waals surface area contributed by atoms with E-state index in [0.29, 0.717) is 15.7 Å². The van der Waals surface area contributed by atoms with Crippen molar-refractivity contribution >= 4 is 46.6 Å². The number of allylic oxidation sites excluding steroid dienone is 1. The van der Waals surface area contributed by atoms with E-state index in [9.17, 15) is 14.7 Å². The SMILES string of the molecule is O=C(O)C1=CC(c2cccc(Cl)c2)n2ncc(C(=O)Nc3ccc(Cl)cc3)c2N1. The molecular weight excluding hydrogens is 415 g/mol. The van der Waals surface area contributed by atoms with Gasteiger partial charge in [-0.05, 0) is 48.0 Å². The molecule has 0 bridgehead atoms. The smallest absolute Gasteiger partial charge is 0.352 e. The Labute approximate surface area is 175 Å². The summed E-state index contributed by atoms with van der Waals surface area (Å²) in [7, 11) is 0. The largest absolute Gasteiger partial charge is 0.477 e. The predicted octanol–water partition coefficient (Wildman–Crippen LogP) is 4.43. The van der Waals surface area contributed by atoms with E-state index in [1.165, 1.54) is 12.3 Å². The van der Waals surface area contributed by atoms with Crippen LogP contribution in [0.3, 0.4) is 0 Å². The number of halogens is 2. The minimum atomic E-state index is -1.14. The van der Waals surface area contributed by atoms with Crippen LogP contribution in [0.1, 0.15) is 22.0 Å². The number of fused-ring (bicyclic) bond motifs is 1. The first-order valence-electron chi connectivity index (χ1n) is 8.54. The Kier molecular flexibility index (Phi) is 5.00. The van der Waals surface area contributed by atoms with Crippen LogP contribution in [0.4, 0.5) is 11.5 Å². The Morgan fingerprint density at radius 2 is 1.86 bits per heavy atom. The Morgan fingerprint density at radius 3 is 2.55 bits per heavy atom. The molecule has 3 aromatic rings. The minimum absolute atomic E-state index is 0.0523. The number of carbonyl (C=O) groups excluding carboxylic acids is 1. The zero-order chi connectivity index (χ0) is 20.5. The van der Waals surface area contributed by atoms with Gasteiger partial charge in [-0.1, -0.05) is 35.3 Å². The Morgan fingerprint density at radius 1 is 1.10 bits per heavy atom. The first-order chi connectivity index (χ1) is 13.9. The topological polar surface area (TPSA) is 96.2 Å². The van der Waals surface area contributed by atoms with Crippen LogP contribution in [0.2, 0.25) is 10.0 Å². The van der Waals surface area contributed by atoms with Gasteiger partial charge in [-0.2, -0.15) is 5.10 Å². The van der Waals surface area contributed by atoms with E-state index in [1.54, 1.807) is 47.1 Å². The average molecular weight is 429 g/mol. The van der Waals surface area contributed by atoms with E-state index in [-0.39, 0.29) is 17.1 Å². The number of amides is 1. The summed E-state index contributed by atoms with van der Waals surface area (Å²) >= 11 is 12.0. The number of carboxylic acids is 1. The normalized spacial score (nSPS) is 15.1. The van der Waals surface area contributed by atoms with E-state index >= 15 is 0 Å². The summed E-state index contributed by atoms with van der Waals surface area (Å²) < 4.78 is 1.55. The maximum Gasteiger partial charge on any atom is 0.352 e. The molecule has 0 fully saturated rings. The summed E-state index contributed by atoms with van der Waals surface area (Å²) in [5.41, 5.74) is 1.45. The molecule has 2 aromatic carbocycles. The number of carbonyl (C=O) groups is 2. The van der Waals surface area contributed by atoms with E-state index in [0.717, 1.165) is 5.56 Å². The van der Waals surface area contributed by atoms with Gasteiger partial charge in [-0.25, -0.2) is 9.48 Å². The van der Waals surface area contributed by atoms with Crippen molar-refractivity contribution in [1.29, 1.82) is 0 Å². The quantitative estimate of drug-likeness (QED) is 0.571. The number of benzene rings is 2. The van der Waals surface area contributed by atoms with Crippen molar-refractivity contribution in [3.05, 3.63) is 87.7 Å². The van der Waals surface area contributed by atoms with Gasteiger partial charge in [0, 0.05) is 15.7 Å². The molecule has 146 valence electrons. The second-order valence-corrected chi connectivity index (χ2v) is 7.20. The Balaban J connectivity index is 1.72. The maximum atomic E-state index is 12.8. The van der Waals surface area contributed by atoms with Gasteiger partial charge in [0.2, 0.25) is 0 Å². The molecule has 2 heterocycles. The fourth-order valence-electron chi connectivity index (χ4n) is 3.05. The van der Waals surface area contributed by atoms with Gasteiger partial charge in [-0.3, -0.25) is 4.79 Å². The van der Waals surface area contributed by atoms with E-state index in [4.69, 9.17) is 23.2 Å². The van der Waals surface area contributed by atoms with E-state index in [2.05, 4.69) is 15.7 Å². The summed E-state index contributed by atoms with van der Waals surface area (Å²) in [5, 5.41) is 20.4. The summed E-state index contributed by atoms with van der Waals surface area (Å²) in [6.07, 6.45) is 2.92. The van der Waals surface area contributed by atoms with Gasteiger partial charge in [0.25, 0.3) is 5.91 Å². The molecule has 3 N–H and O–H groups in total. The van der Waals surface area contributed by atoms with Crippen LogP contribution in [0.5, 0.6) is 0 Å². The van der Waals surface area contributed by atoms with Crippen LogP contribution in [-0.4, -0.2) is 26.8 Å². The zero-order valence-corrected chi connectivity index (χ0v) is 16.3. The number of anilines is 2. The van der Waals surface area contributed by atoms with Crippen molar-refractivity contribution in [3.63, 3.8) is 0 Å². The van der Waals surface area contributed by atoms with E-state index in [1.807, 2.05) is 6.07 Å². The third-order valence-electron chi connectivity index (χ3n) is 4.40. The molecule has 0 spiro atoms. The van der Waals surface area contributed by atoms with Gasteiger partial charge >= 0.3 is 5.97 Å². The van der Waals surface area contributed by atoms with Crippen molar-refractivity contribution in [2.24, 2.45) is 0 Å². The van der Waals surface area contributed by atoms with Gasteiger partial charge < -0.3 is 15.7 Å². The summed E-state index contributed by atoms with van der Waals surface area (Å²) in [6.45, 7) is 0. The molecule has 7 nitrogen and oxygen atoms in total. The fourth-order valence-corrected chi connectivity index (χ4v) is 3.37. The fraction of sp³-hybridized carbons (Fsp3) is 0.0500. The molecule has 1 amide bonds. The third kappa shape index (κ3) is 3.83. The number of aliphatic carboxylic acids is 1. The summed E-state index contributed by atoms with van der Waals surface area (Å²) in [5.74, 6) is -1.30. The van der Waals surface area contributed by atoms with Crippen molar-refractivity contribution < 1.29 is 14.7 Å². The molecule has 1 atom stereocenters. The number of aromatic nitrogens is 2. The molecule has 29 heavy (non-hydrogen) atoms. The monoisotopic (exact) mass is 428 g/mol. The van der Waals surface area contributed by atoms with Crippen LogP contribution < -0.4 is 10.6 Å². The molecule has 1 aromatic heterocycles. The highest BCUT2D eigenvalue weighted by Gasteiger charge is 2.29. The molecule has 1 aliphatic heterocycles. The van der Waals surface area contributed by atoms with Crippen molar-refractivity contribution in [2.45, 2.75) is 6.04 Å². The van der Waals surface area contributed by atoms with Crippen LogP contribution in [-0.2, 0) is 4.79 Å². The van der Waals surface area contributed by atoms with Crippen LogP contribution in [0.25, 0.3) is 0 Å². The lowest BCUT2D eigenvalue weighted by atomic mass is 10.0. The summed E-state index contributed by atoms with van der Waals surface area (Å²) in [4.78, 5) is 24.4. The lowest BCUT2D eigenvalue weighted by Crippen LogP contribution is -2.25. The molecular formula is C20H14Cl2N4O3. The first kappa shape index (κ1) is 19.0. The van der Waals surface area contributed by atoms with E-state index < -0.39 is 17.9 Å². The highest BCUT2D eigenvalue weighted by Crippen LogP contribution is 2.33. The number of hydrogen-bond acceptors (Lipinski definition) is 4. The lowest BCUT2D eigenvalue weighted by Gasteiger charge is -2.24. The molecule has 0 aliphatic carbocycles. The highest BCUT2D eigenvalue weighted by molar-refractivity contribution is 6.31. The lowest BCUT2D eigenvalue weighted by molar-refractivity contribution is -0.132. The average Bonchev–Trinajstić information content (AvgIpc) is 3.13. The van der Waals surface area contributed by atoms with Crippen LogP contribution in [0, 0.1) is 0 Å². The van der Waals surface area contributed by atoms with Crippen molar-refractivity contribution in [2.75, 3.05) is 10.6 Å². The van der Waals surface area contributed by atoms with Gasteiger partial charge in [-0.15, -0.1) is 0 Å². The van der Waals surface area contributed by atoms with Crippen LogP contribution >= 0.6 is 23.2 Å². The number of rotatable bonds is 4. The Bertz CT molecular complexity index is 1140. The molecule has 4 rings (SSSR count). The minimum Gasteiger partial charge on any atom is -0.477 e. The third-order valence-corrected chi connectivity index (χ3v) is 4.89. The highest BCUT2D eigenvalue weighted by atomic mass is 35.5. The molecule has 9 heteroatoms. The number of carboxylic acid groups (broad SMARTS) is 1. The molecule has 0 saturated heterocycles. The summed E-state index contributed by atoms with van der Waals surface area (Å²) in [6, 6.07) is 13.2. The van der Waals surface area contributed by atoms with Gasteiger partial charge in [0.15, 0.2) is 0 Å². The van der Waals surface area contributed by atoms with Crippen LogP contribution in [0.15, 0.2) is 66.5 Å². The second-order valence-electron chi connectivity index (χ2n) is 6.32. The number of hydrogen-bond donors (Lipinski definition) is 3. The predicted molar refractivity (Wildman–Crippen MR) is 111 cm³/mol. The zero-order valence-electron chi connectivity index (χ0n) is 14.8. The Hall–Kier alpha value is -3.29. The molecule has 1 aliphatic rings. The molecule has 0 radical (unpaired) electrons.